The maximum absolute atomic E-state index is 13.1. The molecular formula is C22H31NO4SSi. The van der Waals surface area contributed by atoms with Crippen molar-refractivity contribution in [3.8, 4) is 23.4 Å². The largest absolute Gasteiger partial charge is 0.447 e. The van der Waals surface area contributed by atoms with Crippen LogP contribution in [0.15, 0.2) is 29.2 Å². The van der Waals surface area contributed by atoms with Gasteiger partial charge in [0.1, 0.15) is 8.07 Å². The lowest BCUT2D eigenvalue weighted by Crippen LogP contribution is -2.29. The highest BCUT2D eigenvalue weighted by Crippen LogP contribution is 2.17. The molecule has 0 radical (unpaired) electrons. The average molecular weight is 434 g/mol. The van der Waals surface area contributed by atoms with Crippen molar-refractivity contribution in [2.24, 2.45) is 0 Å². The molecule has 29 heavy (non-hydrogen) atoms. The van der Waals surface area contributed by atoms with Gasteiger partial charge in [-0.2, -0.15) is 0 Å². The first kappa shape index (κ1) is 24.8. The third-order valence-corrected chi connectivity index (χ3v) is 6.20. The third-order valence-electron chi connectivity index (χ3n) is 3.62. The molecule has 158 valence electrons. The first-order valence-electron chi connectivity index (χ1n) is 9.55. The molecule has 0 N–H and O–H groups in total. The zero-order valence-electron chi connectivity index (χ0n) is 18.4. The van der Waals surface area contributed by atoms with E-state index >= 15 is 0 Å². The van der Waals surface area contributed by atoms with E-state index in [0.717, 1.165) is 5.56 Å². The summed E-state index contributed by atoms with van der Waals surface area (Å²) in [7, 11) is -5.45. The van der Waals surface area contributed by atoms with Crippen LogP contribution in [-0.4, -0.2) is 38.9 Å². The number of aryl methyl sites for hydroxylation is 1. The smallest absolute Gasteiger partial charge is 0.304 e. The zero-order valence-corrected chi connectivity index (χ0v) is 20.2. The fourth-order valence-corrected chi connectivity index (χ4v) is 4.10. The number of esters is 1. The molecule has 0 bridgehead atoms. The van der Waals surface area contributed by atoms with Gasteiger partial charge in [0.25, 0.3) is 10.0 Å². The van der Waals surface area contributed by atoms with Gasteiger partial charge in [-0.3, -0.25) is 4.79 Å². The standard InChI is InChI=1S/C22H31NO4SSi/c1-19-11-13-21(14-12-19)28(25,26)23(17-18-29(5,6)7)16-10-8-9-15-22(3,4)27-20(2)24/h11-14H,8,10,16H2,1-7H3. The first-order chi connectivity index (χ1) is 13.2. The Kier molecular flexibility index (Phi) is 8.56. The molecule has 7 heteroatoms. The normalized spacial score (nSPS) is 11.6. The Labute approximate surface area is 176 Å². The molecule has 0 saturated heterocycles. The second kappa shape index (κ2) is 10.0. The summed E-state index contributed by atoms with van der Waals surface area (Å²) < 4.78 is 32.5. The Morgan fingerprint density at radius 2 is 1.76 bits per heavy atom. The van der Waals surface area contributed by atoms with Crippen molar-refractivity contribution in [3.63, 3.8) is 0 Å². The van der Waals surface area contributed by atoms with E-state index in [2.05, 4.69) is 43.1 Å². The topological polar surface area (TPSA) is 63.7 Å². The third kappa shape index (κ3) is 9.21. The van der Waals surface area contributed by atoms with Crippen molar-refractivity contribution in [3.05, 3.63) is 29.8 Å². The van der Waals surface area contributed by atoms with E-state index in [4.69, 9.17) is 4.74 Å². The molecule has 0 fully saturated rings. The maximum Gasteiger partial charge on any atom is 0.304 e. The van der Waals surface area contributed by atoms with Crippen molar-refractivity contribution in [2.75, 3.05) is 6.54 Å². The Hall–Kier alpha value is -2.22. The molecule has 0 atom stereocenters. The summed E-state index contributed by atoms with van der Waals surface area (Å²) in [5, 5.41) is 0. The van der Waals surface area contributed by atoms with Crippen LogP contribution in [-0.2, 0) is 19.6 Å². The number of nitrogens with zero attached hydrogens (tertiary/aromatic N) is 1. The summed E-state index contributed by atoms with van der Waals surface area (Å²) >= 11 is 0. The van der Waals surface area contributed by atoms with Crippen LogP contribution in [0.25, 0.3) is 0 Å². The lowest BCUT2D eigenvalue weighted by atomic mass is 10.1. The average Bonchev–Trinajstić information content (AvgIpc) is 2.55. The molecule has 1 aromatic rings. The molecule has 1 rings (SSSR count). The quantitative estimate of drug-likeness (QED) is 0.224. The number of sulfonamides is 1. The molecule has 0 aliphatic rings. The van der Waals surface area contributed by atoms with Gasteiger partial charge >= 0.3 is 5.97 Å². The van der Waals surface area contributed by atoms with Gasteiger partial charge in [0.05, 0.1) is 4.90 Å². The molecule has 0 aromatic heterocycles. The number of rotatable bonds is 6. The highest BCUT2D eigenvalue weighted by Gasteiger charge is 2.22. The molecule has 0 unspecified atom stereocenters. The minimum absolute atomic E-state index is 0.232. The van der Waals surface area contributed by atoms with Crippen molar-refractivity contribution < 1.29 is 17.9 Å². The number of benzene rings is 1. The van der Waals surface area contributed by atoms with E-state index in [1.54, 1.807) is 38.1 Å². The van der Waals surface area contributed by atoms with Crippen LogP contribution < -0.4 is 0 Å². The minimum Gasteiger partial charge on any atom is -0.447 e. The van der Waals surface area contributed by atoms with Crippen molar-refractivity contribution in [1.82, 2.24) is 4.31 Å². The van der Waals surface area contributed by atoms with Crippen LogP contribution in [0.4, 0.5) is 0 Å². The number of ether oxygens (including phenoxy) is 1. The van der Waals surface area contributed by atoms with Gasteiger partial charge in [-0.15, -0.1) is 5.54 Å². The molecule has 0 heterocycles. The van der Waals surface area contributed by atoms with Gasteiger partial charge < -0.3 is 4.74 Å². The summed E-state index contributed by atoms with van der Waals surface area (Å²) in [6.07, 6.45) is 0.994. The zero-order chi connectivity index (χ0) is 22.3. The Morgan fingerprint density at radius 3 is 2.28 bits per heavy atom. The van der Waals surface area contributed by atoms with Crippen LogP contribution >= 0.6 is 0 Å². The second-order valence-corrected chi connectivity index (χ2v) is 15.0. The van der Waals surface area contributed by atoms with Crippen LogP contribution in [0.1, 0.15) is 39.2 Å². The van der Waals surface area contributed by atoms with Gasteiger partial charge in [0, 0.05) is 25.9 Å². The molecular weight excluding hydrogens is 402 g/mol. The van der Waals surface area contributed by atoms with Gasteiger partial charge in [-0.05, 0) is 39.3 Å². The number of hydrogen-bond acceptors (Lipinski definition) is 4. The molecule has 5 nitrogen and oxygen atoms in total. The van der Waals surface area contributed by atoms with E-state index in [-0.39, 0.29) is 17.4 Å². The monoisotopic (exact) mass is 433 g/mol. The van der Waals surface area contributed by atoms with E-state index in [1.165, 1.54) is 11.2 Å². The Bertz CT molecular complexity index is 937. The fraction of sp³-hybridized carbons (Fsp3) is 0.500. The predicted molar refractivity (Wildman–Crippen MR) is 119 cm³/mol. The van der Waals surface area contributed by atoms with E-state index in [1.807, 2.05) is 6.92 Å². The molecule has 1 aromatic carbocycles. The van der Waals surface area contributed by atoms with E-state index < -0.39 is 23.7 Å². The predicted octanol–water partition coefficient (Wildman–Crippen LogP) is 3.95. The Balaban J connectivity index is 2.96. The fourth-order valence-electron chi connectivity index (χ4n) is 2.27. The number of carbonyl (C=O) groups is 1. The van der Waals surface area contributed by atoms with Crippen molar-refractivity contribution in [2.45, 2.75) is 70.7 Å². The number of carbonyl (C=O) groups excluding carboxylic acids is 1. The summed E-state index contributed by atoms with van der Waals surface area (Å²) in [6, 6.07) is 9.65. The summed E-state index contributed by atoms with van der Waals surface area (Å²) in [4.78, 5) is 11.3. The molecule has 0 aliphatic heterocycles. The molecule has 0 aliphatic carbocycles. The van der Waals surface area contributed by atoms with Crippen molar-refractivity contribution in [1.29, 1.82) is 0 Å². The lowest BCUT2D eigenvalue weighted by molar-refractivity contribution is -0.148. The van der Waals surface area contributed by atoms with E-state index in [0.29, 0.717) is 12.8 Å². The summed E-state index contributed by atoms with van der Waals surface area (Å²) in [5.74, 6) is 5.49. The lowest BCUT2D eigenvalue weighted by Gasteiger charge is -2.19. The first-order valence-corrected chi connectivity index (χ1v) is 14.5. The molecule has 0 spiro atoms. The molecule has 0 amide bonds. The second-order valence-electron chi connectivity index (χ2n) is 8.39. The Morgan fingerprint density at radius 1 is 1.17 bits per heavy atom. The number of unbranched alkanes of at least 4 members (excludes halogenated alkanes) is 1. The minimum atomic E-state index is -3.71. The highest BCUT2D eigenvalue weighted by atomic mass is 32.2. The maximum atomic E-state index is 13.1. The van der Waals surface area contributed by atoms with Crippen LogP contribution in [0.3, 0.4) is 0 Å². The highest BCUT2D eigenvalue weighted by molar-refractivity contribution is 7.89. The molecule has 0 saturated carbocycles. The summed E-state index contributed by atoms with van der Waals surface area (Å²) in [5.41, 5.74) is 3.27. The number of hydrogen-bond donors (Lipinski definition) is 0. The van der Waals surface area contributed by atoms with Crippen LogP contribution in [0, 0.1) is 30.4 Å². The SMILES string of the molecule is CC(=O)OC(C)(C)C#CCCCN(C#C[Si](C)(C)C)S(=O)(=O)c1ccc(C)cc1. The van der Waals surface area contributed by atoms with Gasteiger partial charge in [-0.1, -0.05) is 49.2 Å². The van der Waals surface area contributed by atoms with Crippen LogP contribution in [0.5, 0.6) is 0 Å². The van der Waals surface area contributed by atoms with Gasteiger partial charge in [0.2, 0.25) is 0 Å². The summed E-state index contributed by atoms with van der Waals surface area (Å²) in [6.45, 7) is 13.1. The van der Waals surface area contributed by atoms with E-state index in [9.17, 15) is 13.2 Å². The van der Waals surface area contributed by atoms with Crippen LogP contribution in [0.2, 0.25) is 19.6 Å². The van der Waals surface area contributed by atoms with Gasteiger partial charge in [0.15, 0.2) is 5.60 Å². The van der Waals surface area contributed by atoms with Gasteiger partial charge in [-0.25, -0.2) is 12.7 Å². The van der Waals surface area contributed by atoms with Crippen molar-refractivity contribution >= 4 is 24.1 Å².